The molecule has 3 nitrogen and oxygen atoms in total. The van der Waals surface area contributed by atoms with E-state index in [0.29, 0.717) is 6.42 Å². The molecule has 0 rings (SSSR count). The first-order valence-corrected chi connectivity index (χ1v) is 13.6. The Morgan fingerprint density at radius 1 is 0.500 bits per heavy atom. The highest BCUT2D eigenvalue weighted by molar-refractivity contribution is 5.66. The zero-order chi connectivity index (χ0) is 22.5. The van der Waals surface area contributed by atoms with E-state index in [2.05, 4.69) is 13.8 Å². The lowest BCUT2D eigenvalue weighted by molar-refractivity contribution is -0.137. The van der Waals surface area contributed by atoms with Gasteiger partial charge in [-0.05, 0) is 19.4 Å². The summed E-state index contributed by atoms with van der Waals surface area (Å²) in [6, 6.07) is 0. The van der Waals surface area contributed by atoms with Crippen molar-refractivity contribution in [2.45, 2.75) is 162 Å². The molecular weight excluding hydrogens is 370 g/mol. The van der Waals surface area contributed by atoms with Gasteiger partial charge in [-0.1, -0.05) is 142 Å². The van der Waals surface area contributed by atoms with Crippen LogP contribution in [0.25, 0.3) is 0 Å². The van der Waals surface area contributed by atoms with E-state index in [9.17, 15) is 4.79 Å². The van der Waals surface area contributed by atoms with Crippen molar-refractivity contribution < 1.29 is 9.90 Å². The van der Waals surface area contributed by atoms with Crippen LogP contribution in [0.15, 0.2) is 0 Å². The van der Waals surface area contributed by atoms with Gasteiger partial charge < -0.3 is 10.8 Å². The molecule has 0 fully saturated rings. The van der Waals surface area contributed by atoms with E-state index in [1.807, 2.05) is 0 Å². The lowest BCUT2D eigenvalue weighted by atomic mass is 10.0. The fraction of sp³-hybridized carbons (Fsp3) is 0.963. The van der Waals surface area contributed by atoms with Crippen molar-refractivity contribution >= 4 is 5.97 Å². The van der Waals surface area contributed by atoms with Crippen LogP contribution in [0.2, 0.25) is 0 Å². The molecule has 0 unspecified atom stereocenters. The third-order valence-corrected chi connectivity index (χ3v) is 5.80. The Balaban J connectivity index is 0. The minimum absolute atomic E-state index is 0.339. The highest BCUT2D eigenvalue weighted by Gasteiger charge is 1.96. The van der Waals surface area contributed by atoms with Crippen molar-refractivity contribution in [3.8, 4) is 0 Å². The smallest absolute Gasteiger partial charge is 0.303 e. The van der Waals surface area contributed by atoms with Crippen molar-refractivity contribution in [2.75, 3.05) is 6.54 Å². The third kappa shape index (κ3) is 34.9. The molecule has 0 aromatic carbocycles. The summed E-state index contributed by atoms with van der Waals surface area (Å²) in [6.45, 7) is 5.34. The van der Waals surface area contributed by atoms with Crippen molar-refractivity contribution in [1.29, 1.82) is 0 Å². The lowest BCUT2D eigenvalue weighted by Gasteiger charge is -2.03. The minimum atomic E-state index is -0.666. The third-order valence-electron chi connectivity index (χ3n) is 5.80. The Bertz CT molecular complexity index is 291. The first kappa shape index (κ1) is 31.6. The number of carbonyl (C=O) groups is 1. The summed E-state index contributed by atoms with van der Waals surface area (Å²) in [4.78, 5) is 10.1. The van der Waals surface area contributed by atoms with Gasteiger partial charge >= 0.3 is 5.97 Å². The monoisotopic (exact) mass is 427 g/mol. The molecule has 0 spiro atoms. The van der Waals surface area contributed by atoms with E-state index < -0.39 is 5.97 Å². The molecule has 0 aliphatic rings. The van der Waals surface area contributed by atoms with Gasteiger partial charge in [-0.25, -0.2) is 0 Å². The van der Waals surface area contributed by atoms with E-state index in [4.69, 9.17) is 10.8 Å². The molecule has 0 amide bonds. The Hall–Kier alpha value is -0.570. The predicted octanol–water partition coefficient (Wildman–Crippen LogP) is 9.03. The highest BCUT2D eigenvalue weighted by atomic mass is 16.4. The largest absolute Gasteiger partial charge is 0.481 e. The highest BCUT2D eigenvalue weighted by Crippen LogP contribution is 2.13. The SMILES string of the molecule is CCCCCCCCC(=O)O.CCCCCCCCCCCCCCCCCCN. The van der Waals surface area contributed by atoms with Crippen LogP contribution in [0.4, 0.5) is 0 Å². The molecule has 30 heavy (non-hydrogen) atoms. The fourth-order valence-electron chi connectivity index (χ4n) is 3.75. The van der Waals surface area contributed by atoms with Gasteiger partial charge in [0.2, 0.25) is 0 Å². The first-order valence-electron chi connectivity index (χ1n) is 13.6. The summed E-state index contributed by atoms with van der Waals surface area (Å²) in [5, 5.41) is 8.32. The van der Waals surface area contributed by atoms with Crippen LogP contribution in [0, 0.1) is 0 Å². The number of hydrogen-bond donors (Lipinski definition) is 2. The molecule has 182 valence electrons. The molecule has 0 saturated heterocycles. The summed E-state index contributed by atoms with van der Waals surface area (Å²) in [5.41, 5.74) is 5.48. The summed E-state index contributed by atoms with van der Waals surface area (Å²) in [6.07, 6.45) is 30.1. The summed E-state index contributed by atoms with van der Waals surface area (Å²) in [7, 11) is 0. The van der Waals surface area contributed by atoms with E-state index in [-0.39, 0.29) is 0 Å². The zero-order valence-corrected chi connectivity index (χ0v) is 20.9. The molecule has 0 aromatic rings. The van der Waals surface area contributed by atoms with Crippen LogP contribution in [0.3, 0.4) is 0 Å². The Morgan fingerprint density at radius 3 is 1.03 bits per heavy atom. The van der Waals surface area contributed by atoms with Gasteiger partial charge in [0, 0.05) is 6.42 Å². The number of rotatable bonds is 23. The maximum absolute atomic E-state index is 10.1. The van der Waals surface area contributed by atoms with Crippen molar-refractivity contribution in [3.63, 3.8) is 0 Å². The Morgan fingerprint density at radius 2 is 0.767 bits per heavy atom. The molecule has 0 heterocycles. The standard InChI is InChI=1S/C18H39N.C9H18O2/c1-2-3-4-5-6-7-8-9-10-11-12-13-14-15-16-17-18-19;1-2-3-4-5-6-7-8-9(10)11/h2-19H2,1H3;2-8H2,1H3,(H,10,11). The maximum atomic E-state index is 10.1. The molecule has 0 atom stereocenters. The van der Waals surface area contributed by atoms with Gasteiger partial charge in [0.1, 0.15) is 0 Å². The molecule has 3 heteroatoms. The Kier molecular flexibility index (Phi) is 32.3. The first-order chi connectivity index (χ1) is 14.7. The van der Waals surface area contributed by atoms with E-state index >= 15 is 0 Å². The molecule has 0 aliphatic carbocycles. The quantitative estimate of drug-likeness (QED) is 0.160. The van der Waals surface area contributed by atoms with Crippen LogP contribution in [-0.2, 0) is 4.79 Å². The van der Waals surface area contributed by atoms with E-state index in [0.717, 1.165) is 19.4 Å². The predicted molar refractivity (Wildman–Crippen MR) is 134 cm³/mol. The number of unbranched alkanes of at least 4 members (excludes halogenated alkanes) is 20. The molecule has 0 aliphatic heterocycles. The molecule has 0 aromatic heterocycles. The van der Waals surface area contributed by atoms with E-state index in [1.54, 1.807) is 0 Å². The number of hydrogen-bond acceptors (Lipinski definition) is 2. The van der Waals surface area contributed by atoms with Crippen molar-refractivity contribution in [1.82, 2.24) is 0 Å². The van der Waals surface area contributed by atoms with Crippen LogP contribution >= 0.6 is 0 Å². The fourth-order valence-corrected chi connectivity index (χ4v) is 3.75. The molecule has 0 bridgehead atoms. The lowest BCUT2D eigenvalue weighted by Crippen LogP contribution is -1.97. The van der Waals surface area contributed by atoms with Gasteiger partial charge in [0.25, 0.3) is 0 Å². The molecular formula is C27H57NO2. The molecule has 0 saturated carbocycles. The van der Waals surface area contributed by atoms with E-state index in [1.165, 1.54) is 128 Å². The van der Waals surface area contributed by atoms with Gasteiger partial charge in [0.15, 0.2) is 0 Å². The number of carboxylic acid groups (broad SMARTS) is 1. The minimum Gasteiger partial charge on any atom is -0.481 e. The average molecular weight is 428 g/mol. The zero-order valence-electron chi connectivity index (χ0n) is 20.9. The molecule has 3 N–H and O–H groups in total. The van der Waals surface area contributed by atoms with Gasteiger partial charge in [0.05, 0.1) is 0 Å². The summed E-state index contributed by atoms with van der Waals surface area (Å²) in [5.74, 6) is -0.666. The van der Waals surface area contributed by atoms with Crippen molar-refractivity contribution in [3.05, 3.63) is 0 Å². The van der Waals surface area contributed by atoms with Crippen molar-refractivity contribution in [2.24, 2.45) is 5.73 Å². The second kappa shape index (κ2) is 30.6. The normalized spacial score (nSPS) is 10.6. The maximum Gasteiger partial charge on any atom is 0.303 e. The molecule has 0 radical (unpaired) electrons. The van der Waals surface area contributed by atoms with Gasteiger partial charge in [-0.2, -0.15) is 0 Å². The summed E-state index contributed by atoms with van der Waals surface area (Å²) >= 11 is 0. The van der Waals surface area contributed by atoms with Crippen LogP contribution in [0.5, 0.6) is 0 Å². The number of nitrogens with two attached hydrogens (primary N) is 1. The Labute approximate surface area is 190 Å². The second-order valence-electron chi connectivity index (χ2n) is 9.00. The van der Waals surface area contributed by atoms with Gasteiger partial charge in [-0.3, -0.25) is 4.79 Å². The topological polar surface area (TPSA) is 63.3 Å². The number of carboxylic acids is 1. The van der Waals surface area contributed by atoms with Crippen LogP contribution in [0.1, 0.15) is 162 Å². The van der Waals surface area contributed by atoms with Crippen LogP contribution < -0.4 is 5.73 Å². The average Bonchev–Trinajstić information content (AvgIpc) is 2.74. The number of aliphatic carboxylic acids is 1. The van der Waals surface area contributed by atoms with Gasteiger partial charge in [-0.15, -0.1) is 0 Å². The van der Waals surface area contributed by atoms with Crippen LogP contribution in [-0.4, -0.2) is 17.6 Å². The second-order valence-corrected chi connectivity index (χ2v) is 9.00. The summed E-state index contributed by atoms with van der Waals surface area (Å²) < 4.78 is 0.